The molecule has 0 unspecified atom stereocenters. The van der Waals surface area contributed by atoms with Gasteiger partial charge in [0.1, 0.15) is 0 Å². The SMILES string of the molecule is [2H]c1c(C)cc(C(C)(C)C)c([2H])c1[2H].[2H]c1cc(C(C)(C)C)cc(C)c1[2H].[2H]c1cc(C)c([2H])c(C(C)(C)C)c1[2H].[2H]c1cc(C)cc(C(C)(C)C)c1.[2H]c1cc(C)cc(C(C)(C)C)c1.[2H]c1cc(C)cc(C(C)(C)C)c1[2H].[2H]c1cc(C)cc(C(C)(C)C)c1[2H].[2H]c1cc([2H])c(C(C)(C)C)cc1C.[2H]c1ccc(C(C)(C)C)cc1C.[2H]c1ccc(C)c([2H])c1C(C)(C)C.[2H]c1ccc(C)cc1C(C)(C)C.[2H]c1ccc(C)cc1C(C)(C)C. The summed E-state index contributed by atoms with van der Waals surface area (Å²) in [6, 6.07) is 60.0. The van der Waals surface area contributed by atoms with Crippen molar-refractivity contribution < 1.29 is 28.8 Å². The zero-order valence-electron chi connectivity index (χ0n) is 113. The molecule has 0 nitrogen and oxygen atoms in total. The van der Waals surface area contributed by atoms with E-state index in [0.717, 1.165) is 89.0 Å². The van der Waals surface area contributed by atoms with Crippen LogP contribution in [0.15, 0.2) is 291 Å². The van der Waals surface area contributed by atoms with Crippen molar-refractivity contribution in [2.45, 2.75) is 397 Å². The third-order valence-electron chi connectivity index (χ3n) is 20.6. The fourth-order valence-electron chi connectivity index (χ4n) is 11.6. The van der Waals surface area contributed by atoms with Gasteiger partial charge in [-0.1, -0.05) is 607 Å². The van der Waals surface area contributed by atoms with Crippen molar-refractivity contribution in [2.24, 2.45) is 0 Å². The van der Waals surface area contributed by atoms with Crippen molar-refractivity contribution in [1.82, 2.24) is 0 Å². The van der Waals surface area contributed by atoms with Crippen LogP contribution in [0.1, 0.15) is 412 Å². The molecule has 0 atom stereocenters. The van der Waals surface area contributed by atoms with Gasteiger partial charge in [0.2, 0.25) is 0 Å². The van der Waals surface area contributed by atoms with E-state index in [1.165, 1.54) is 38.9 Å². The van der Waals surface area contributed by atoms with Crippen LogP contribution in [0.5, 0.6) is 0 Å². The average molecular weight is 1800 g/mol. The maximum absolute atomic E-state index is 7.89. The molecule has 12 rings (SSSR count). The normalized spacial score (nSPS) is 13.9. The fourth-order valence-corrected chi connectivity index (χ4v) is 11.6. The molecule has 0 bridgehead atoms. The standard InChI is InChI=1S/12C11H16/c12*1-9-6-5-7-10(8-9)11(2,3)4/h12*5-8H,1-4H3/i5D,7D,8D;5D,6D,7D;7D,8D;6D,7D;2*5D,7D;5D,6D;2*7D;6D;2*5D. The first-order chi connectivity index (χ1) is 68.6. The van der Waals surface area contributed by atoms with E-state index < -0.39 is 0 Å². The van der Waals surface area contributed by atoms with Crippen molar-refractivity contribution in [3.63, 3.8) is 0 Å². The lowest BCUT2D eigenvalue weighted by Crippen LogP contribution is -2.10. The van der Waals surface area contributed by atoms with Gasteiger partial charge in [0.15, 0.2) is 0 Å². The van der Waals surface area contributed by atoms with Crippen LogP contribution in [0, 0.1) is 83.1 Å². The Morgan fingerprint density at radius 2 is 0.295 bits per heavy atom. The Hall–Kier alpha value is -9.36. The summed E-state index contributed by atoms with van der Waals surface area (Å²) in [4.78, 5) is 0. The predicted molar refractivity (Wildman–Crippen MR) is 599 cm³/mol. The van der Waals surface area contributed by atoms with Gasteiger partial charge in [-0.15, -0.1) is 0 Å². The van der Waals surface area contributed by atoms with Crippen LogP contribution in [0.3, 0.4) is 0 Å². The van der Waals surface area contributed by atoms with E-state index in [1.54, 1.807) is 36.4 Å². The number of hydrogen-bond acceptors (Lipinski definition) is 0. The van der Waals surface area contributed by atoms with Crippen LogP contribution >= 0.6 is 0 Å². The van der Waals surface area contributed by atoms with Crippen LogP contribution in [-0.4, -0.2) is 0 Å². The second kappa shape index (κ2) is 53.1. The van der Waals surface area contributed by atoms with Gasteiger partial charge in [-0.25, -0.2) is 0 Å². The first kappa shape index (κ1) is 87.9. The van der Waals surface area contributed by atoms with Crippen LogP contribution in [0.25, 0.3) is 0 Å². The molecule has 0 heterocycles. The topological polar surface area (TPSA) is 0 Å². The minimum absolute atomic E-state index is 0.00442. The number of benzene rings is 12. The van der Waals surface area contributed by atoms with Crippen molar-refractivity contribution in [3.05, 3.63) is 424 Å². The highest BCUT2D eigenvalue weighted by molar-refractivity contribution is 5.37. The predicted octanol–water partition coefficient (Wildman–Crippen LogP) is 39.5. The lowest BCUT2D eigenvalue weighted by Gasteiger charge is -2.19. The Balaban J connectivity index is 0.000000835. The van der Waals surface area contributed by atoms with E-state index in [2.05, 4.69) is 231 Å². The molecule has 0 aliphatic heterocycles. The van der Waals surface area contributed by atoms with Crippen molar-refractivity contribution >= 4 is 0 Å². The minimum Gasteiger partial charge on any atom is -0.0617 e. The minimum atomic E-state index is -0.240. The molecule has 0 aromatic heterocycles. The molecule has 0 saturated carbocycles. The molecule has 0 radical (unpaired) electrons. The molecule has 132 heavy (non-hydrogen) atoms. The van der Waals surface area contributed by atoms with Gasteiger partial charge in [0.25, 0.3) is 0 Å². The highest BCUT2D eigenvalue weighted by atomic mass is 14.3. The zero-order chi connectivity index (χ0) is 120. The summed E-state index contributed by atoms with van der Waals surface area (Å²) < 4.78 is 161. The molecule has 0 spiro atoms. The van der Waals surface area contributed by atoms with Crippen LogP contribution in [0.4, 0.5) is 0 Å². The average Bonchev–Trinajstić information content (AvgIpc) is 1.13. The van der Waals surface area contributed by atoms with Gasteiger partial charge < -0.3 is 0 Å². The lowest BCUT2D eigenvalue weighted by molar-refractivity contribution is 0.589. The third-order valence-corrected chi connectivity index (χ3v) is 20.6. The van der Waals surface area contributed by atoms with Gasteiger partial charge in [-0.2, -0.15) is 0 Å². The molecule has 12 aromatic rings. The maximum atomic E-state index is 7.89. The summed E-state index contributed by atoms with van der Waals surface area (Å²) in [6.45, 7) is 98.9. The molecule has 0 N–H and O–H groups in total. The molecule has 720 valence electrons. The van der Waals surface area contributed by atoms with Crippen molar-refractivity contribution in [3.8, 4) is 0 Å². The monoisotopic (exact) mass is 1800 g/mol. The van der Waals surface area contributed by atoms with Gasteiger partial charge in [0, 0.05) is 0 Å². The van der Waals surface area contributed by atoms with E-state index in [-0.39, 0.29) is 95.2 Å². The molecule has 12 aromatic carbocycles. The van der Waals surface area contributed by atoms with E-state index in [0.29, 0.717) is 102 Å². The number of hydrogen-bond donors (Lipinski definition) is 0. The fraction of sp³-hybridized carbons (Fsp3) is 0.455. The Labute approximate surface area is 846 Å². The third kappa shape index (κ3) is 51.8. The summed E-state index contributed by atoms with van der Waals surface area (Å²) in [7, 11) is 0. The van der Waals surface area contributed by atoms with Crippen LogP contribution in [0.2, 0.25) is 0 Å². The second-order valence-corrected chi connectivity index (χ2v) is 47.6. The summed E-state index contributed by atoms with van der Waals surface area (Å²) in [6.07, 6.45) is 0. The first-order valence-electron chi connectivity index (χ1n) is 57.6. The Morgan fingerprint density at radius 3 is 0.598 bits per heavy atom. The van der Waals surface area contributed by atoms with Gasteiger partial charge in [0.05, 0.1) is 28.8 Å². The van der Waals surface area contributed by atoms with E-state index in [1.807, 2.05) is 229 Å². The van der Waals surface area contributed by atoms with Crippen LogP contribution in [-0.2, 0) is 65.0 Å². The van der Waals surface area contributed by atoms with E-state index in [9.17, 15) is 0 Å². The largest absolute Gasteiger partial charge is 0.0629 e. The molecule has 0 fully saturated rings. The Kier molecular flexibility index (Phi) is 35.4. The van der Waals surface area contributed by atoms with Gasteiger partial charge >= 0.3 is 0 Å². The van der Waals surface area contributed by atoms with Crippen molar-refractivity contribution in [2.75, 3.05) is 0 Å². The maximum Gasteiger partial charge on any atom is 0.0629 e. The smallest absolute Gasteiger partial charge is 0.0617 e. The molecular formula is C132H192. The van der Waals surface area contributed by atoms with E-state index >= 15 is 0 Å². The molecule has 0 aliphatic carbocycles. The lowest BCUT2D eigenvalue weighted by atomic mass is 9.86. The molecule has 0 aliphatic rings. The zero-order valence-corrected chi connectivity index (χ0v) is 92.1. The highest BCUT2D eigenvalue weighted by Crippen LogP contribution is 2.32. The van der Waals surface area contributed by atoms with Gasteiger partial charge in [-0.05, 0) is 215 Å². The highest BCUT2D eigenvalue weighted by Gasteiger charge is 2.21. The number of rotatable bonds is 0. The first-order valence-corrected chi connectivity index (χ1v) is 47.1. The summed E-state index contributed by atoms with van der Waals surface area (Å²) in [5.74, 6) is 0. The molecule has 0 amide bonds. The number of aryl methyl sites for hydroxylation is 12. The Bertz CT molecular complexity index is 6300. The summed E-state index contributed by atoms with van der Waals surface area (Å²) >= 11 is 0. The van der Waals surface area contributed by atoms with Gasteiger partial charge in [-0.3, -0.25) is 0 Å². The second-order valence-electron chi connectivity index (χ2n) is 47.6. The van der Waals surface area contributed by atoms with Crippen molar-refractivity contribution in [1.29, 1.82) is 0 Å². The van der Waals surface area contributed by atoms with Crippen LogP contribution < -0.4 is 0 Å². The summed E-state index contributed by atoms with van der Waals surface area (Å²) in [5, 5.41) is 0. The Morgan fingerprint density at radius 1 is 0.129 bits per heavy atom. The molecule has 0 saturated heterocycles. The summed E-state index contributed by atoms with van der Waals surface area (Å²) in [5.41, 5.74) is 24.9. The quantitative estimate of drug-likeness (QED) is 0.142. The molecular weight excluding hydrogens is 1590 g/mol. The molecule has 0 heteroatoms. The van der Waals surface area contributed by atoms with E-state index in [4.69, 9.17) is 28.8 Å².